The fourth-order valence-electron chi connectivity index (χ4n) is 2.94. The van der Waals surface area contributed by atoms with Gasteiger partial charge in [0.25, 0.3) is 0 Å². The third-order valence-electron chi connectivity index (χ3n) is 4.19. The quantitative estimate of drug-likeness (QED) is 0.541. The van der Waals surface area contributed by atoms with E-state index in [2.05, 4.69) is 26.1 Å². The highest BCUT2D eigenvalue weighted by molar-refractivity contribution is 6.29. The summed E-state index contributed by atoms with van der Waals surface area (Å²) >= 11 is 6.13. The van der Waals surface area contributed by atoms with Crippen molar-refractivity contribution in [3.8, 4) is 23.0 Å². The summed E-state index contributed by atoms with van der Waals surface area (Å²) in [5.74, 6) is 0.482. The summed E-state index contributed by atoms with van der Waals surface area (Å²) in [6, 6.07) is 8.88. The highest BCUT2D eigenvalue weighted by Crippen LogP contribution is 2.29. The van der Waals surface area contributed by atoms with Crippen LogP contribution in [0.4, 0.5) is 0 Å². The van der Waals surface area contributed by atoms with Gasteiger partial charge in [-0.2, -0.15) is 10.4 Å². The third-order valence-corrected chi connectivity index (χ3v) is 4.39. The van der Waals surface area contributed by atoms with Gasteiger partial charge in [-0.3, -0.25) is 4.79 Å². The van der Waals surface area contributed by atoms with E-state index in [0.29, 0.717) is 38.8 Å². The largest absolute Gasteiger partial charge is 0.346 e. The minimum Gasteiger partial charge on any atom is -0.346 e. The molecule has 0 unspecified atom stereocenters. The lowest BCUT2D eigenvalue weighted by molar-refractivity contribution is 0.837. The molecule has 0 aliphatic heterocycles. The van der Waals surface area contributed by atoms with E-state index in [1.807, 2.05) is 13.0 Å². The van der Waals surface area contributed by atoms with Crippen LogP contribution in [0.2, 0.25) is 5.15 Å². The summed E-state index contributed by atoms with van der Waals surface area (Å²) in [7, 11) is 0. The highest BCUT2D eigenvalue weighted by Gasteiger charge is 2.16. The maximum Gasteiger partial charge on any atom is 0.191 e. The Balaban J connectivity index is 2.09. The van der Waals surface area contributed by atoms with Gasteiger partial charge in [0.1, 0.15) is 16.9 Å². The van der Waals surface area contributed by atoms with Gasteiger partial charge in [0.2, 0.25) is 0 Å². The number of nitrogens with zero attached hydrogens (tertiary/aromatic N) is 5. The predicted octanol–water partition coefficient (Wildman–Crippen LogP) is 3.31. The van der Waals surface area contributed by atoms with Crippen molar-refractivity contribution in [1.82, 2.24) is 24.7 Å². The average Bonchev–Trinajstić information content (AvgIpc) is 3.01. The molecule has 132 valence electrons. The number of fused-ring (bicyclic) bond motifs is 1. The summed E-state index contributed by atoms with van der Waals surface area (Å²) in [5, 5.41) is 14.4. The van der Waals surface area contributed by atoms with Crippen LogP contribution in [0, 0.1) is 25.2 Å². The van der Waals surface area contributed by atoms with E-state index in [0.717, 1.165) is 11.3 Å². The number of H-pyrrole nitrogens is 1. The topological polar surface area (TPSA) is 100 Å². The SMILES string of the molecule is Cc1cc(-c2cc3c(=O)cc[nH]c3nc2-n2cc(C#N)c(C)n2)cc(Cl)n1. The Hall–Kier alpha value is -3.50. The average molecular weight is 377 g/mol. The van der Waals surface area contributed by atoms with Crippen LogP contribution >= 0.6 is 11.6 Å². The number of aromatic amines is 1. The lowest BCUT2D eigenvalue weighted by Gasteiger charge is -2.11. The normalized spacial score (nSPS) is 10.9. The summed E-state index contributed by atoms with van der Waals surface area (Å²) in [6.07, 6.45) is 3.16. The molecule has 0 bridgehead atoms. The molecule has 4 aromatic rings. The zero-order valence-corrected chi connectivity index (χ0v) is 15.2. The molecule has 0 aliphatic carbocycles. The molecule has 8 heteroatoms. The molecule has 0 fully saturated rings. The van der Waals surface area contributed by atoms with E-state index in [1.165, 1.54) is 10.7 Å². The molecule has 0 aliphatic rings. The Morgan fingerprint density at radius 1 is 1.22 bits per heavy atom. The molecule has 0 aromatic carbocycles. The molecule has 4 rings (SSSR count). The Morgan fingerprint density at radius 2 is 2.04 bits per heavy atom. The van der Waals surface area contributed by atoms with Gasteiger partial charge in [-0.05, 0) is 37.6 Å². The molecule has 1 N–H and O–H groups in total. The van der Waals surface area contributed by atoms with Crippen LogP contribution in [0.25, 0.3) is 28.0 Å². The number of hydrogen-bond donors (Lipinski definition) is 1. The van der Waals surface area contributed by atoms with Crippen molar-refractivity contribution < 1.29 is 0 Å². The van der Waals surface area contributed by atoms with E-state index in [4.69, 9.17) is 11.6 Å². The molecule has 0 spiro atoms. The van der Waals surface area contributed by atoms with Gasteiger partial charge in [0.05, 0.1) is 22.8 Å². The van der Waals surface area contributed by atoms with Crippen molar-refractivity contribution >= 4 is 22.6 Å². The van der Waals surface area contributed by atoms with Gasteiger partial charge in [0, 0.05) is 23.5 Å². The second-order valence-electron chi connectivity index (χ2n) is 6.10. The van der Waals surface area contributed by atoms with Crippen LogP contribution in [-0.2, 0) is 0 Å². The van der Waals surface area contributed by atoms with Crippen LogP contribution in [0.1, 0.15) is 17.0 Å². The summed E-state index contributed by atoms with van der Waals surface area (Å²) in [4.78, 5) is 24.1. The molecule has 0 amide bonds. The minimum atomic E-state index is -0.143. The first-order valence-electron chi connectivity index (χ1n) is 8.10. The van der Waals surface area contributed by atoms with Crippen molar-refractivity contribution in [2.45, 2.75) is 13.8 Å². The highest BCUT2D eigenvalue weighted by atomic mass is 35.5. The van der Waals surface area contributed by atoms with Gasteiger partial charge in [0.15, 0.2) is 11.2 Å². The number of nitrogens with one attached hydrogen (secondary N) is 1. The van der Waals surface area contributed by atoms with Gasteiger partial charge < -0.3 is 4.98 Å². The lowest BCUT2D eigenvalue weighted by Crippen LogP contribution is -2.07. The van der Waals surface area contributed by atoms with Crippen LogP contribution in [0.3, 0.4) is 0 Å². The second kappa shape index (κ2) is 6.34. The number of nitriles is 1. The first-order valence-corrected chi connectivity index (χ1v) is 8.48. The molecule has 0 radical (unpaired) electrons. The second-order valence-corrected chi connectivity index (χ2v) is 6.49. The lowest BCUT2D eigenvalue weighted by atomic mass is 10.1. The third kappa shape index (κ3) is 2.96. The van der Waals surface area contributed by atoms with Crippen LogP contribution in [0.15, 0.2) is 41.5 Å². The van der Waals surface area contributed by atoms with Crippen molar-refractivity contribution in [3.63, 3.8) is 0 Å². The Labute approximate surface area is 158 Å². The van der Waals surface area contributed by atoms with E-state index in [-0.39, 0.29) is 5.43 Å². The van der Waals surface area contributed by atoms with Gasteiger partial charge in [-0.25, -0.2) is 14.6 Å². The van der Waals surface area contributed by atoms with Crippen molar-refractivity contribution in [2.75, 3.05) is 0 Å². The van der Waals surface area contributed by atoms with Crippen LogP contribution in [-0.4, -0.2) is 24.7 Å². The summed E-state index contributed by atoms with van der Waals surface area (Å²) in [6.45, 7) is 3.59. The fourth-order valence-corrected chi connectivity index (χ4v) is 3.19. The maximum atomic E-state index is 12.3. The summed E-state index contributed by atoms with van der Waals surface area (Å²) < 4.78 is 1.54. The number of hydrogen-bond acceptors (Lipinski definition) is 5. The summed E-state index contributed by atoms with van der Waals surface area (Å²) in [5.41, 5.74) is 3.49. The number of pyridine rings is 3. The number of aryl methyl sites for hydroxylation is 2. The molecule has 4 aromatic heterocycles. The number of aromatic nitrogens is 5. The molecule has 7 nitrogen and oxygen atoms in total. The monoisotopic (exact) mass is 376 g/mol. The Kier molecular flexibility index (Phi) is 3.98. The number of halogens is 1. The van der Waals surface area contributed by atoms with E-state index >= 15 is 0 Å². The minimum absolute atomic E-state index is 0.143. The Bertz CT molecular complexity index is 1280. The van der Waals surface area contributed by atoms with Gasteiger partial charge in [-0.15, -0.1) is 0 Å². The molecule has 0 saturated heterocycles. The van der Waals surface area contributed by atoms with E-state index in [9.17, 15) is 10.1 Å². The fraction of sp³-hybridized carbons (Fsp3) is 0.105. The van der Waals surface area contributed by atoms with E-state index in [1.54, 1.807) is 31.5 Å². The smallest absolute Gasteiger partial charge is 0.191 e. The van der Waals surface area contributed by atoms with Crippen LogP contribution in [0.5, 0.6) is 0 Å². The van der Waals surface area contributed by atoms with Gasteiger partial charge in [-0.1, -0.05) is 11.6 Å². The van der Waals surface area contributed by atoms with Crippen molar-refractivity contribution in [3.05, 3.63) is 69.0 Å². The molecular formula is C19H13ClN6O. The molecular weight excluding hydrogens is 364 g/mol. The molecule has 0 atom stereocenters. The maximum absolute atomic E-state index is 12.3. The first kappa shape index (κ1) is 16.9. The zero-order valence-electron chi connectivity index (χ0n) is 14.5. The van der Waals surface area contributed by atoms with Crippen LogP contribution < -0.4 is 5.43 Å². The number of rotatable bonds is 2. The van der Waals surface area contributed by atoms with Crippen molar-refractivity contribution in [2.24, 2.45) is 0 Å². The standard InChI is InChI=1S/C19H13ClN6O/c1-10-5-12(6-17(20)23-10)14-7-15-16(27)3-4-22-18(15)24-19(14)26-9-13(8-21)11(2)25-26/h3-7,9H,1-2H3,(H,22,24,27). The van der Waals surface area contributed by atoms with Crippen molar-refractivity contribution in [1.29, 1.82) is 5.26 Å². The predicted molar refractivity (Wildman–Crippen MR) is 102 cm³/mol. The molecule has 0 saturated carbocycles. The molecule has 4 heterocycles. The van der Waals surface area contributed by atoms with Gasteiger partial charge >= 0.3 is 0 Å². The Morgan fingerprint density at radius 3 is 2.74 bits per heavy atom. The first-order chi connectivity index (χ1) is 13.0. The van der Waals surface area contributed by atoms with E-state index < -0.39 is 0 Å². The molecule has 27 heavy (non-hydrogen) atoms. The zero-order chi connectivity index (χ0) is 19.1.